The minimum atomic E-state index is -3.12. The van der Waals surface area contributed by atoms with E-state index in [-0.39, 0.29) is 17.2 Å². The summed E-state index contributed by atoms with van der Waals surface area (Å²) in [4.78, 5) is 0. The first-order valence-electron chi connectivity index (χ1n) is 4.47. The van der Waals surface area contributed by atoms with Crippen molar-refractivity contribution in [3.63, 3.8) is 0 Å². The van der Waals surface area contributed by atoms with E-state index in [1.54, 1.807) is 0 Å². The van der Waals surface area contributed by atoms with Gasteiger partial charge in [0.05, 0.1) is 5.75 Å². The number of hydrogen-bond acceptors (Lipinski definition) is 2. The molecule has 0 saturated heterocycles. The third kappa shape index (κ3) is 3.44. The van der Waals surface area contributed by atoms with Gasteiger partial charge < -0.3 is 0 Å². The van der Waals surface area contributed by atoms with Crippen LogP contribution in [0.15, 0.2) is 0 Å². The lowest BCUT2D eigenvalue weighted by atomic mass is 10.3. The van der Waals surface area contributed by atoms with Gasteiger partial charge in [-0.2, -0.15) is 0 Å². The van der Waals surface area contributed by atoms with Crippen molar-refractivity contribution in [2.75, 3.05) is 11.6 Å². The average molecular weight is 226 g/mol. The third-order valence-electron chi connectivity index (χ3n) is 2.03. The Balaban J connectivity index is 2.52. The number of nitrogens with one attached hydrogen (secondary N) is 1. The molecule has 1 aliphatic rings. The highest BCUT2D eigenvalue weighted by Gasteiger charge is 2.44. The first-order chi connectivity index (χ1) is 5.89. The predicted octanol–water partition coefficient (Wildman–Crippen LogP) is 1.33. The van der Waals surface area contributed by atoms with E-state index in [0.717, 1.165) is 12.8 Å². The van der Waals surface area contributed by atoms with Crippen LogP contribution >= 0.6 is 11.6 Å². The number of hydrogen-bond donors (Lipinski definition) is 1. The van der Waals surface area contributed by atoms with Gasteiger partial charge in [-0.05, 0) is 18.8 Å². The van der Waals surface area contributed by atoms with Gasteiger partial charge in [0.15, 0.2) is 0 Å². The van der Waals surface area contributed by atoms with E-state index in [9.17, 15) is 8.42 Å². The Morgan fingerprint density at radius 1 is 1.46 bits per heavy atom. The van der Waals surface area contributed by atoms with Crippen LogP contribution in [0, 0.1) is 5.92 Å². The molecule has 1 N–H and O–H groups in total. The molecule has 1 fully saturated rings. The summed E-state index contributed by atoms with van der Waals surface area (Å²) < 4.78 is 25.6. The SMILES string of the molecule is CC(C)CS(=O)(=O)NC1(CCl)CC1. The second-order valence-electron chi connectivity index (χ2n) is 4.19. The van der Waals surface area contributed by atoms with Gasteiger partial charge in [0, 0.05) is 11.4 Å². The summed E-state index contributed by atoms with van der Waals surface area (Å²) in [5.74, 6) is 0.722. The first-order valence-corrected chi connectivity index (χ1v) is 6.65. The van der Waals surface area contributed by atoms with Gasteiger partial charge in [-0.1, -0.05) is 13.8 Å². The standard InChI is InChI=1S/C8H16ClNO2S/c1-7(2)5-13(11,12)10-8(6-9)3-4-8/h7,10H,3-6H2,1-2H3. The van der Waals surface area contributed by atoms with Gasteiger partial charge in [-0.15, -0.1) is 11.6 Å². The molecule has 5 heteroatoms. The zero-order valence-electron chi connectivity index (χ0n) is 8.01. The fourth-order valence-corrected chi connectivity index (χ4v) is 3.53. The van der Waals surface area contributed by atoms with E-state index in [1.165, 1.54) is 0 Å². The van der Waals surface area contributed by atoms with Crippen molar-refractivity contribution in [1.29, 1.82) is 0 Å². The fourth-order valence-electron chi connectivity index (χ4n) is 1.22. The molecule has 0 radical (unpaired) electrons. The van der Waals surface area contributed by atoms with Gasteiger partial charge >= 0.3 is 0 Å². The second kappa shape index (κ2) is 3.75. The Bertz CT molecular complexity index is 270. The van der Waals surface area contributed by atoms with Crippen LogP contribution in [0.5, 0.6) is 0 Å². The molecule has 0 unspecified atom stereocenters. The predicted molar refractivity (Wildman–Crippen MR) is 54.4 cm³/mol. The molecule has 78 valence electrons. The molecule has 1 aliphatic carbocycles. The largest absolute Gasteiger partial charge is 0.212 e. The van der Waals surface area contributed by atoms with Crippen molar-refractivity contribution in [1.82, 2.24) is 4.72 Å². The quantitative estimate of drug-likeness (QED) is 0.718. The fraction of sp³-hybridized carbons (Fsp3) is 1.00. The normalized spacial score (nSPS) is 20.6. The summed E-state index contributed by atoms with van der Waals surface area (Å²) in [6.07, 6.45) is 1.74. The molecule has 0 aliphatic heterocycles. The van der Waals surface area contributed by atoms with E-state index in [2.05, 4.69) is 4.72 Å². The molecule has 13 heavy (non-hydrogen) atoms. The smallest absolute Gasteiger partial charge is 0.212 e. The summed E-state index contributed by atoms with van der Waals surface area (Å²) in [5.41, 5.74) is -0.310. The number of sulfonamides is 1. The van der Waals surface area contributed by atoms with E-state index < -0.39 is 10.0 Å². The zero-order chi connectivity index (χ0) is 10.1. The van der Waals surface area contributed by atoms with Crippen molar-refractivity contribution in [3.8, 4) is 0 Å². The second-order valence-corrected chi connectivity index (χ2v) is 6.23. The van der Waals surface area contributed by atoms with Crippen molar-refractivity contribution < 1.29 is 8.42 Å². The van der Waals surface area contributed by atoms with Crippen molar-refractivity contribution >= 4 is 21.6 Å². The maximum atomic E-state index is 11.5. The zero-order valence-corrected chi connectivity index (χ0v) is 9.58. The maximum Gasteiger partial charge on any atom is 0.212 e. The van der Waals surface area contributed by atoms with Gasteiger partial charge in [0.1, 0.15) is 0 Å². The minimum absolute atomic E-state index is 0.156. The molecule has 1 rings (SSSR count). The molecule has 1 saturated carbocycles. The molecule has 0 aromatic rings. The first kappa shape index (κ1) is 11.3. The highest BCUT2D eigenvalue weighted by Crippen LogP contribution is 2.37. The van der Waals surface area contributed by atoms with Crippen LogP contribution in [0.4, 0.5) is 0 Å². The van der Waals surface area contributed by atoms with Crippen molar-refractivity contribution in [2.24, 2.45) is 5.92 Å². The Labute approximate surface area is 84.9 Å². The lowest BCUT2D eigenvalue weighted by Gasteiger charge is -2.15. The van der Waals surface area contributed by atoms with Gasteiger partial charge in [0.25, 0.3) is 0 Å². The van der Waals surface area contributed by atoms with Crippen LogP contribution < -0.4 is 4.72 Å². The molecule has 0 aromatic heterocycles. The van der Waals surface area contributed by atoms with E-state index >= 15 is 0 Å². The molecule has 0 heterocycles. The average Bonchev–Trinajstić information content (AvgIpc) is 2.65. The summed E-state index contributed by atoms with van der Waals surface area (Å²) >= 11 is 5.67. The Morgan fingerprint density at radius 2 is 2.00 bits per heavy atom. The van der Waals surface area contributed by atoms with Crippen molar-refractivity contribution in [2.45, 2.75) is 32.2 Å². The summed E-state index contributed by atoms with van der Waals surface area (Å²) in [5, 5.41) is 0. The Kier molecular flexibility index (Phi) is 3.25. The van der Waals surface area contributed by atoms with Gasteiger partial charge in [-0.3, -0.25) is 0 Å². The van der Waals surface area contributed by atoms with Crippen LogP contribution in [-0.4, -0.2) is 25.6 Å². The van der Waals surface area contributed by atoms with E-state index in [0.29, 0.717) is 5.88 Å². The highest BCUT2D eigenvalue weighted by atomic mass is 35.5. The van der Waals surface area contributed by atoms with Crippen LogP contribution in [0.2, 0.25) is 0 Å². The molecule has 0 spiro atoms. The summed E-state index contributed by atoms with van der Waals surface area (Å²) in [6.45, 7) is 3.78. The summed E-state index contributed by atoms with van der Waals surface area (Å²) in [7, 11) is -3.12. The lowest BCUT2D eigenvalue weighted by Crippen LogP contribution is -2.40. The number of halogens is 1. The Hall–Kier alpha value is 0.200. The monoisotopic (exact) mass is 225 g/mol. The topological polar surface area (TPSA) is 46.2 Å². The molecule has 3 nitrogen and oxygen atoms in total. The molecule has 0 bridgehead atoms. The summed E-state index contributed by atoms with van der Waals surface area (Å²) in [6, 6.07) is 0. The highest BCUT2D eigenvalue weighted by molar-refractivity contribution is 7.89. The number of rotatable bonds is 5. The maximum absolute atomic E-state index is 11.5. The van der Waals surface area contributed by atoms with Crippen molar-refractivity contribution in [3.05, 3.63) is 0 Å². The Morgan fingerprint density at radius 3 is 2.31 bits per heavy atom. The molecule has 0 atom stereocenters. The molecule has 0 amide bonds. The number of alkyl halides is 1. The van der Waals surface area contributed by atoms with Crippen LogP contribution in [-0.2, 0) is 10.0 Å². The van der Waals surface area contributed by atoms with Crippen LogP contribution in [0.3, 0.4) is 0 Å². The van der Waals surface area contributed by atoms with Crippen LogP contribution in [0.25, 0.3) is 0 Å². The van der Waals surface area contributed by atoms with Gasteiger partial charge in [0.2, 0.25) is 10.0 Å². The molecule has 0 aromatic carbocycles. The van der Waals surface area contributed by atoms with Gasteiger partial charge in [-0.25, -0.2) is 13.1 Å². The van der Waals surface area contributed by atoms with Crippen LogP contribution in [0.1, 0.15) is 26.7 Å². The molecular formula is C8H16ClNO2S. The van der Waals surface area contributed by atoms with E-state index in [1.807, 2.05) is 13.8 Å². The third-order valence-corrected chi connectivity index (χ3v) is 4.40. The lowest BCUT2D eigenvalue weighted by molar-refractivity contribution is 0.548. The van der Waals surface area contributed by atoms with E-state index in [4.69, 9.17) is 11.6 Å². The minimum Gasteiger partial charge on any atom is -0.212 e. The molecular weight excluding hydrogens is 210 g/mol.